The van der Waals surface area contributed by atoms with E-state index in [0.29, 0.717) is 5.05 Å². The first-order valence-electron chi connectivity index (χ1n) is 25.2. The van der Waals surface area contributed by atoms with Gasteiger partial charge in [0, 0.05) is 128 Å². The average molecular weight is 1580 g/mol. The number of ketones is 4. The van der Waals surface area contributed by atoms with Crippen molar-refractivity contribution in [2.75, 3.05) is 157 Å². The normalized spacial score (nSPS) is 9.16. The van der Waals surface area contributed by atoms with Gasteiger partial charge in [-0.2, -0.15) is 8.42 Å². The van der Waals surface area contributed by atoms with Crippen LogP contribution < -0.4 is 20.1 Å². The van der Waals surface area contributed by atoms with Crippen molar-refractivity contribution in [1.29, 1.82) is 0 Å². The van der Waals surface area contributed by atoms with Gasteiger partial charge in [0.05, 0.1) is 79.2 Å². The molecule has 0 aliphatic heterocycles. The molecule has 4 N–H and O–H groups in total. The van der Waals surface area contributed by atoms with Crippen LogP contribution in [0.25, 0.3) is 0 Å². The standard InChI is InChI=1S/C4H9NO.C4H9NS.C4H6O3.C4H6O2.C3H9NO2S.C3H9NOS.C3H7NO.C3H7NS.C3H6O2.2C3H6OS.C3H6O.C3H6S2.C3H6S.C2H7NO2S.C2H7NOS.C2H6O3S/c2*1-4(6)5(2)3;1-3(5)4(6)7-2;1-3(5)4(2)6;1-4(2)7(3,5)6;1-4(2)6(3)5;2*1-3(5)4-2;2*1-3(4)5-2;1-3(5)4-2;1-3(2)4;1-3(4)5-2;1-3(2)4;1-3-6(2,4)5;1-3-5(2)4;1-5-6(2,3)4/h2*1-3H3;1-2H3;1-2H3;1-3H3;1-3H3;2*1-2H3,(H,4,5);3*1-2H3;1-2H3;1-2H3;1-2H3;3H,1-2H3;3H,1-2H3;1-2H3. The van der Waals surface area contributed by atoms with Gasteiger partial charge in [-0.15, -0.1) is 11.8 Å². The summed E-state index contributed by atoms with van der Waals surface area (Å²) >= 11 is 25.9. The molecule has 93 heavy (non-hydrogen) atoms. The van der Waals surface area contributed by atoms with E-state index in [-0.39, 0.29) is 40.2 Å². The molecular formula is C52H118N8O21S12. The highest BCUT2D eigenvalue weighted by Crippen LogP contribution is 1.93. The van der Waals surface area contributed by atoms with Crippen LogP contribution in [0.4, 0.5) is 0 Å². The summed E-state index contributed by atoms with van der Waals surface area (Å²) in [5, 5.41) is 5.91. The van der Waals surface area contributed by atoms with Gasteiger partial charge in [0.1, 0.15) is 5.78 Å². The van der Waals surface area contributed by atoms with Gasteiger partial charge in [-0.05, 0) is 106 Å². The number of ether oxygens (including phenoxy) is 3. The van der Waals surface area contributed by atoms with Crippen molar-refractivity contribution >= 4 is 213 Å². The minimum atomic E-state index is -3.16. The minimum absolute atomic E-state index is 0.00463. The van der Waals surface area contributed by atoms with Crippen LogP contribution in [0.2, 0.25) is 0 Å². The summed E-state index contributed by atoms with van der Waals surface area (Å²) in [5.74, 6) is -2.10. The summed E-state index contributed by atoms with van der Waals surface area (Å²) in [4.78, 5) is 94.2. The fraction of sp³-hybridized carbons (Fsp3) is 0.731. The molecule has 0 aromatic heterocycles. The van der Waals surface area contributed by atoms with Crippen LogP contribution >= 0.6 is 84.6 Å². The number of carbonyl (C=O) groups is 9. The first-order valence-corrected chi connectivity index (χ1v) is 38.3. The molecule has 564 valence electrons. The van der Waals surface area contributed by atoms with Crippen molar-refractivity contribution in [3.63, 3.8) is 0 Å². The van der Waals surface area contributed by atoms with Gasteiger partial charge in [0.15, 0.2) is 21.7 Å². The van der Waals surface area contributed by atoms with Crippen LogP contribution in [-0.2, 0) is 114 Å². The number of amides is 2. The number of rotatable bonds is 7. The minimum Gasteiger partial charge on any atom is -0.491 e. The second kappa shape index (κ2) is 95.1. The van der Waals surface area contributed by atoms with Gasteiger partial charge in [-0.3, -0.25) is 37.7 Å². The zero-order valence-corrected chi connectivity index (χ0v) is 72.1. The molecule has 0 heterocycles. The Hall–Kier alpha value is -3.27. The zero-order valence-electron chi connectivity index (χ0n) is 62.3. The molecular weight excluding hydrogens is 1460 g/mol. The number of carbonyl (C=O) groups excluding carboxylic acids is 9. The van der Waals surface area contributed by atoms with E-state index >= 15 is 0 Å². The lowest BCUT2D eigenvalue weighted by Gasteiger charge is -2.06. The van der Waals surface area contributed by atoms with Crippen LogP contribution in [0.1, 0.15) is 104 Å². The average Bonchev–Trinajstić information content (AvgIpc) is 3.41. The molecule has 0 aliphatic rings. The maximum absolute atomic E-state index is 10.3. The van der Waals surface area contributed by atoms with Crippen molar-refractivity contribution in [2.24, 2.45) is 0 Å². The predicted octanol–water partition coefficient (Wildman–Crippen LogP) is 4.56. The Balaban J connectivity index is -0.0000000441. The van der Waals surface area contributed by atoms with E-state index in [1.165, 1.54) is 100 Å². The van der Waals surface area contributed by atoms with E-state index in [1.54, 1.807) is 98.1 Å². The molecule has 0 aromatic rings. The molecule has 0 aromatic carbocycles. The van der Waals surface area contributed by atoms with Gasteiger partial charge >= 0.3 is 11.9 Å². The number of esters is 2. The number of Topliss-reactive ketones (excluding diaryl/α,β-unsaturated/α-hetero) is 4. The summed E-state index contributed by atoms with van der Waals surface area (Å²) in [7, 11) is 14.9. The van der Waals surface area contributed by atoms with Crippen LogP contribution in [0.15, 0.2) is 0 Å². The Morgan fingerprint density at radius 1 is 0.505 bits per heavy atom. The SMILES string of the molecule is CC(=O)C(C)=O.CC(=O)N(C)C.CC(=S)N(C)C.CC(C)=O.CC(C)=S.CN(C)S(C)(=O)=O.CN(C)S(C)=O.CNC(C)=O.CNC(C)=S.CNS(C)(=O)=O.CNS(C)=O.COC(=O)C(C)=O.COC(C)=O.COC(C)=S.COS(C)(=O)=O.CSC(C)=O.CSC(C)=S. The largest absolute Gasteiger partial charge is 0.491 e. The second-order valence-electron chi connectivity index (χ2n) is 16.5. The van der Waals surface area contributed by atoms with E-state index in [9.17, 15) is 76.8 Å². The second-order valence-corrected chi connectivity index (χ2v) is 30.7. The molecule has 29 nitrogen and oxygen atoms in total. The summed E-state index contributed by atoms with van der Waals surface area (Å²) in [6.07, 6.45) is 10.2. The number of sulfonamides is 2. The predicted molar refractivity (Wildman–Crippen MR) is 412 cm³/mol. The fourth-order valence-electron chi connectivity index (χ4n) is 0.144. The van der Waals surface area contributed by atoms with Crippen LogP contribution in [0.3, 0.4) is 0 Å². The smallest absolute Gasteiger partial charge is 0.374 e. The monoisotopic (exact) mass is 1570 g/mol. The Kier molecular flexibility index (Phi) is 137. The molecule has 0 spiro atoms. The lowest BCUT2D eigenvalue weighted by atomic mass is 10.3. The molecule has 0 bridgehead atoms. The number of nitrogens with one attached hydrogen (secondary N) is 4. The van der Waals surface area contributed by atoms with E-state index < -0.39 is 63.9 Å². The number of thiocarbonyl (C=S) groups is 5. The maximum Gasteiger partial charge on any atom is 0.374 e. The highest BCUT2D eigenvalue weighted by molar-refractivity contribution is 8.22. The van der Waals surface area contributed by atoms with Crippen LogP contribution in [0.5, 0.6) is 0 Å². The Labute approximate surface area is 602 Å². The third-order valence-electron chi connectivity index (χ3n) is 6.22. The number of hydrogen-bond donors (Lipinski definition) is 4. The zero-order chi connectivity index (χ0) is 80.1. The fourth-order valence-corrected chi connectivity index (χ4v) is 0.144. The summed E-state index contributed by atoms with van der Waals surface area (Å²) in [5.41, 5.74) is 0. The van der Waals surface area contributed by atoms with E-state index in [4.69, 9.17) is 12.2 Å². The maximum atomic E-state index is 10.3. The lowest BCUT2D eigenvalue weighted by molar-refractivity contribution is -0.150. The number of hydrogen-bond acceptors (Lipinski definition) is 28. The lowest BCUT2D eigenvalue weighted by Crippen LogP contribution is -2.19. The van der Waals surface area contributed by atoms with Gasteiger partial charge < -0.3 is 39.4 Å². The van der Waals surface area contributed by atoms with Crippen molar-refractivity contribution in [1.82, 2.24) is 38.5 Å². The Bertz CT molecular complexity index is 2150. The number of thioether (sulfide) groups is 2. The van der Waals surface area contributed by atoms with Gasteiger partial charge in [-0.25, -0.2) is 48.1 Å². The Morgan fingerprint density at radius 3 is 0.688 bits per heavy atom. The Morgan fingerprint density at radius 2 is 0.688 bits per heavy atom. The molecule has 0 fully saturated rings. The summed E-state index contributed by atoms with van der Waals surface area (Å²) < 4.78 is 105. The highest BCUT2D eigenvalue weighted by Gasteiger charge is 2.03. The highest BCUT2D eigenvalue weighted by atomic mass is 32.2. The van der Waals surface area contributed by atoms with Crippen molar-refractivity contribution < 1.29 is 95.2 Å². The number of nitrogens with zero attached hydrogens (tertiary/aromatic N) is 4. The third-order valence-corrected chi connectivity index (χ3v) is 12.9. The third kappa shape index (κ3) is 334. The van der Waals surface area contributed by atoms with E-state index in [0.717, 1.165) is 56.1 Å². The van der Waals surface area contributed by atoms with Crippen LogP contribution in [0, 0.1) is 0 Å². The van der Waals surface area contributed by atoms with Crippen molar-refractivity contribution in [3.8, 4) is 0 Å². The molecule has 0 aliphatic carbocycles. The van der Waals surface area contributed by atoms with Crippen molar-refractivity contribution in [3.05, 3.63) is 0 Å². The van der Waals surface area contributed by atoms with E-state index in [2.05, 4.69) is 87.3 Å². The molecule has 2 amide bonds. The first-order chi connectivity index (χ1) is 41.2. The summed E-state index contributed by atoms with van der Waals surface area (Å²) in [6, 6.07) is 0. The van der Waals surface area contributed by atoms with Gasteiger partial charge in [0.25, 0.3) is 10.1 Å². The molecule has 2 atom stereocenters. The molecule has 2 unspecified atom stereocenters. The quantitative estimate of drug-likeness (QED) is 0.117. The molecule has 0 saturated carbocycles. The summed E-state index contributed by atoms with van der Waals surface area (Å²) in [6.45, 7) is 23.8. The molecule has 0 rings (SSSR count). The van der Waals surface area contributed by atoms with Crippen molar-refractivity contribution in [2.45, 2.75) is 104 Å². The first kappa shape index (κ1) is 134. The number of methoxy groups -OCH3 is 3. The topological polar surface area (TPSA) is 388 Å². The van der Waals surface area contributed by atoms with E-state index in [1.807, 2.05) is 66.9 Å². The molecule has 41 heteroatoms. The van der Waals surface area contributed by atoms with Gasteiger partial charge in [-0.1, -0.05) is 60.6 Å². The van der Waals surface area contributed by atoms with Crippen LogP contribution in [-0.4, -0.2) is 285 Å². The van der Waals surface area contributed by atoms with Gasteiger partial charge in [0.2, 0.25) is 37.6 Å². The molecule has 0 saturated heterocycles. The molecule has 0 radical (unpaired) electrons.